The van der Waals surface area contributed by atoms with E-state index < -0.39 is 22.2 Å². The van der Waals surface area contributed by atoms with Gasteiger partial charge in [0.15, 0.2) is 6.29 Å². The number of rotatable bonds is 12. The SMILES string of the molecule is COC(OC)c1ccc(N(C)S(C)(=O)=O)c(C(=O)Nc2ccc(SN3CCN(CCC(C)C)CC3)cc2)c1. The van der Waals surface area contributed by atoms with E-state index in [4.69, 9.17) is 9.47 Å². The highest BCUT2D eigenvalue weighted by atomic mass is 32.2. The zero-order valence-electron chi connectivity index (χ0n) is 23.1. The minimum atomic E-state index is -3.58. The number of nitrogens with zero attached hydrogens (tertiary/aromatic N) is 3. The quantitative estimate of drug-likeness (QED) is 0.302. The van der Waals surface area contributed by atoms with E-state index in [-0.39, 0.29) is 11.3 Å². The topological polar surface area (TPSA) is 91.4 Å². The number of ether oxygens (including phenoxy) is 2. The van der Waals surface area contributed by atoms with Crippen molar-refractivity contribution in [1.29, 1.82) is 0 Å². The highest BCUT2D eigenvalue weighted by Crippen LogP contribution is 2.29. The average Bonchev–Trinajstić information content (AvgIpc) is 2.89. The number of sulfonamides is 1. The Morgan fingerprint density at radius 1 is 1.05 bits per heavy atom. The van der Waals surface area contributed by atoms with Gasteiger partial charge in [0.2, 0.25) is 10.0 Å². The Kier molecular flexibility index (Phi) is 11.0. The Morgan fingerprint density at radius 3 is 2.24 bits per heavy atom. The van der Waals surface area contributed by atoms with Crippen LogP contribution in [-0.2, 0) is 19.5 Å². The van der Waals surface area contributed by atoms with Crippen LogP contribution in [0.5, 0.6) is 0 Å². The van der Waals surface area contributed by atoms with Crippen molar-refractivity contribution >= 4 is 39.3 Å². The first-order chi connectivity index (χ1) is 18.0. The van der Waals surface area contributed by atoms with Crippen molar-refractivity contribution in [3.8, 4) is 0 Å². The van der Waals surface area contributed by atoms with Gasteiger partial charge in [-0.1, -0.05) is 19.9 Å². The summed E-state index contributed by atoms with van der Waals surface area (Å²) in [7, 11) is 0.833. The molecule has 0 aliphatic carbocycles. The first-order valence-electron chi connectivity index (χ1n) is 12.7. The fraction of sp³-hybridized carbons (Fsp3) is 0.519. The van der Waals surface area contributed by atoms with Gasteiger partial charge in [-0.3, -0.25) is 9.10 Å². The van der Waals surface area contributed by atoms with E-state index in [0.29, 0.717) is 11.3 Å². The predicted molar refractivity (Wildman–Crippen MR) is 154 cm³/mol. The molecule has 1 amide bonds. The number of hydrogen-bond donors (Lipinski definition) is 1. The zero-order valence-corrected chi connectivity index (χ0v) is 24.8. The molecule has 9 nitrogen and oxygen atoms in total. The smallest absolute Gasteiger partial charge is 0.257 e. The van der Waals surface area contributed by atoms with E-state index in [0.717, 1.165) is 54.1 Å². The Hall–Kier alpha value is -2.15. The van der Waals surface area contributed by atoms with Gasteiger partial charge in [-0.2, -0.15) is 0 Å². The molecule has 1 N–H and O–H groups in total. The van der Waals surface area contributed by atoms with Gasteiger partial charge in [-0.15, -0.1) is 0 Å². The van der Waals surface area contributed by atoms with E-state index in [9.17, 15) is 13.2 Å². The summed E-state index contributed by atoms with van der Waals surface area (Å²) in [6, 6.07) is 12.5. The van der Waals surface area contributed by atoms with Gasteiger partial charge in [-0.05, 0) is 67.2 Å². The summed E-state index contributed by atoms with van der Waals surface area (Å²) in [6.45, 7) is 9.86. The monoisotopic (exact) mass is 564 g/mol. The number of anilines is 2. The van der Waals surface area contributed by atoms with Crippen LogP contribution in [-0.4, -0.2) is 83.8 Å². The molecule has 38 heavy (non-hydrogen) atoms. The number of hydrogen-bond acceptors (Lipinski definition) is 8. The molecule has 0 spiro atoms. The lowest BCUT2D eigenvalue weighted by atomic mass is 10.1. The summed E-state index contributed by atoms with van der Waals surface area (Å²) in [4.78, 5) is 16.9. The standard InChI is InChI=1S/C27H40N4O5S2/c1-20(2)13-14-30-15-17-31(18-16-30)37-23-10-8-22(9-11-23)28-26(32)24-19-21(27(35-4)36-5)7-12-25(24)29(3)38(6,33)34/h7-12,19-20,27H,13-18H2,1-6H3,(H,28,32). The van der Waals surface area contributed by atoms with Gasteiger partial charge >= 0.3 is 0 Å². The third kappa shape index (κ3) is 8.42. The molecule has 2 aromatic rings. The molecule has 1 saturated heterocycles. The van der Waals surface area contributed by atoms with Crippen molar-refractivity contribution in [3.63, 3.8) is 0 Å². The summed E-state index contributed by atoms with van der Waals surface area (Å²) >= 11 is 1.73. The van der Waals surface area contributed by atoms with Crippen LogP contribution in [0, 0.1) is 5.92 Å². The molecular formula is C27H40N4O5S2. The van der Waals surface area contributed by atoms with Crippen molar-refractivity contribution in [2.75, 3.05) is 69.9 Å². The fourth-order valence-corrected chi connectivity index (χ4v) is 5.55. The number of carbonyl (C=O) groups is 1. The van der Waals surface area contributed by atoms with Crippen LogP contribution in [0.3, 0.4) is 0 Å². The summed E-state index contributed by atoms with van der Waals surface area (Å²) in [5.41, 5.74) is 1.68. The third-order valence-corrected chi connectivity index (χ3v) is 8.80. The van der Waals surface area contributed by atoms with Gasteiger partial charge in [0.05, 0.1) is 17.5 Å². The normalized spacial score (nSPS) is 15.3. The van der Waals surface area contributed by atoms with Crippen molar-refractivity contribution in [3.05, 3.63) is 53.6 Å². The van der Waals surface area contributed by atoms with Crippen LogP contribution in [0.25, 0.3) is 0 Å². The molecule has 1 heterocycles. The maximum atomic E-state index is 13.3. The Labute approximate surface area is 231 Å². The first-order valence-corrected chi connectivity index (χ1v) is 15.3. The maximum absolute atomic E-state index is 13.3. The van der Waals surface area contributed by atoms with Gasteiger partial charge < -0.3 is 19.7 Å². The molecule has 0 unspecified atom stereocenters. The number of amides is 1. The average molecular weight is 565 g/mol. The molecule has 2 aromatic carbocycles. The molecule has 11 heteroatoms. The molecule has 3 rings (SSSR count). The third-order valence-electron chi connectivity index (χ3n) is 6.50. The summed E-state index contributed by atoms with van der Waals surface area (Å²) < 4.78 is 38.5. The van der Waals surface area contributed by atoms with Gasteiger partial charge in [0.25, 0.3) is 5.91 Å². The highest BCUT2D eigenvalue weighted by Gasteiger charge is 2.23. The summed E-state index contributed by atoms with van der Waals surface area (Å²) in [5.74, 6) is 0.298. The van der Waals surface area contributed by atoms with Gasteiger partial charge in [0, 0.05) is 63.6 Å². The fourth-order valence-electron chi connectivity index (χ4n) is 4.14. The molecular weight excluding hydrogens is 524 g/mol. The first kappa shape index (κ1) is 30.4. The van der Waals surface area contributed by atoms with E-state index in [1.807, 2.05) is 24.3 Å². The van der Waals surface area contributed by atoms with E-state index in [1.54, 1.807) is 30.1 Å². The number of benzene rings is 2. The highest BCUT2D eigenvalue weighted by molar-refractivity contribution is 7.97. The van der Waals surface area contributed by atoms with E-state index in [2.05, 4.69) is 28.4 Å². The summed E-state index contributed by atoms with van der Waals surface area (Å²) in [5, 5.41) is 2.90. The molecule has 1 aliphatic rings. The molecule has 0 radical (unpaired) electrons. The lowest BCUT2D eigenvalue weighted by Gasteiger charge is -2.34. The van der Waals surface area contributed by atoms with Crippen molar-refractivity contribution < 1.29 is 22.7 Å². The Balaban J connectivity index is 1.68. The van der Waals surface area contributed by atoms with Crippen LogP contribution in [0.2, 0.25) is 0 Å². The van der Waals surface area contributed by atoms with Crippen LogP contribution in [0.1, 0.15) is 42.5 Å². The largest absolute Gasteiger partial charge is 0.352 e. The number of methoxy groups -OCH3 is 2. The second kappa shape index (κ2) is 13.8. The zero-order chi connectivity index (χ0) is 27.9. The van der Waals surface area contributed by atoms with Crippen molar-refractivity contribution in [2.45, 2.75) is 31.5 Å². The second-order valence-electron chi connectivity index (χ2n) is 9.83. The lowest BCUT2D eigenvalue weighted by molar-refractivity contribution is -0.106. The predicted octanol–water partition coefficient (Wildman–Crippen LogP) is 4.30. The molecule has 1 aliphatic heterocycles. The van der Waals surface area contributed by atoms with E-state index >= 15 is 0 Å². The molecule has 0 atom stereocenters. The molecule has 0 saturated carbocycles. The molecule has 0 aromatic heterocycles. The van der Waals surface area contributed by atoms with E-state index in [1.165, 1.54) is 27.7 Å². The number of carbonyl (C=O) groups excluding carboxylic acids is 1. The second-order valence-corrected chi connectivity index (χ2v) is 13.0. The molecule has 0 bridgehead atoms. The van der Waals surface area contributed by atoms with Crippen LogP contribution < -0.4 is 9.62 Å². The maximum Gasteiger partial charge on any atom is 0.257 e. The minimum absolute atomic E-state index is 0.198. The minimum Gasteiger partial charge on any atom is -0.352 e. The lowest BCUT2D eigenvalue weighted by Crippen LogP contribution is -2.43. The van der Waals surface area contributed by atoms with Crippen molar-refractivity contribution in [1.82, 2.24) is 9.21 Å². The molecule has 1 fully saturated rings. The Morgan fingerprint density at radius 2 is 1.68 bits per heavy atom. The van der Waals surface area contributed by atoms with Crippen LogP contribution in [0.4, 0.5) is 11.4 Å². The Bertz CT molecular complexity index is 1160. The molecule has 210 valence electrons. The van der Waals surface area contributed by atoms with Crippen LogP contribution >= 0.6 is 11.9 Å². The number of nitrogens with one attached hydrogen (secondary N) is 1. The van der Waals surface area contributed by atoms with Crippen LogP contribution in [0.15, 0.2) is 47.4 Å². The number of piperazine rings is 1. The van der Waals surface area contributed by atoms with Gasteiger partial charge in [-0.25, -0.2) is 12.7 Å². The van der Waals surface area contributed by atoms with Crippen molar-refractivity contribution in [2.24, 2.45) is 5.92 Å². The van der Waals surface area contributed by atoms with Gasteiger partial charge in [0.1, 0.15) is 0 Å². The summed E-state index contributed by atoms with van der Waals surface area (Å²) in [6.07, 6.45) is 1.64.